The molecular formula is C14H27NO. The Kier molecular flexibility index (Phi) is 4.26. The monoisotopic (exact) mass is 225 g/mol. The van der Waals surface area contributed by atoms with Gasteiger partial charge in [0, 0.05) is 6.54 Å². The maximum absolute atomic E-state index is 6.08. The van der Waals surface area contributed by atoms with E-state index in [0.717, 1.165) is 19.1 Å². The number of hydrogen-bond donors (Lipinski definition) is 1. The largest absolute Gasteiger partial charge is 0.378 e. The van der Waals surface area contributed by atoms with Crippen molar-refractivity contribution in [2.24, 2.45) is 11.3 Å². The van der Waals surface area contributed by atoms with E-state index in [1.54, 1.807) is 0 Å². The fourth-order valence-corrected chi connectivity index (χ4v) is 2.88. The second kappa shape index (κ2) is 5.50. The summed E-state index contributed by atoms with van der Waals surface area (Å²) >= 11 is 0. The van der Waals surface area contributed by atoms with E-state index in [9.17, 15) is 0 Å². The topological polar surface area (TPSA) is 21.3 Å². The number of hydrogen-bond acceptors (Lipinski definition) is 2. The van der Waals surface area contributed by atoms with E-state index in [-0.39, 0.29) is 0 Å². The van der Waals surface area contributed by atoms with Gasteiger partial charge in [0.1, 0.15) is 0 Å². The normalized spacial score (nSPS) is 31.5. The van der Waals surface area contributed by atoms with E-state index in [1.165, 1.54) is 45.1 Å². The summed E-state index contributed by atoms with van der Waals surface area (Å²) in [5, 5.41) is 3.46. The molecule has 0 amide bonds. The molecule has 1 unspecified atom stereocenters. The lowest BCUT2D eigenvalue weighted by Gasteiger charge is -2.35. The summed E-state index contributed by atoms with van der Waals surface area (Å²) in [6.45, 7) is 8.12. The van der Waals surface area contributed by atoms with E-state index in [0.29, 0.717) is 11.5 Å². The minimum atomic E-state index is 0.551. The van der Waals surface area contributed by atoms with Crippen LogP contribution in [0.25, 0.3) is 0 Å². The first-order chi connectivity index (χ1) is 7.66. The molecule has 2 rings (SSSR count). The van der Waals surface area contributed by atoms with Crippen molar-refractivity contribution in [3.63, 3.8) is 0 Å². The summed E-state index contributed by atoms with van der Waals surface area (Å²) in [4.78, 5) is 0. The van der Waals surface area contributed by atoms with Crippen LogP contribution in [-0.4, -0.2) is 25.8 Å². The zero-order chi connectivity index (χ0) is 11.4. The van der Waals surface area contributed by atoms with Gasteiger partial charge in [-0.05, 0) is 56.4 Å². The molecule has 0 aromatic carbocycles. The van der Waals surface area contributed by atoms with Crippen LogP contribution < -0.4 is 5.32 Å². The summed E-state index contributed by atoms with van der Waals surface area (Å²) in [5.74, 6) is 0.767. The highest BCUT2D eigenvalue weighted by atomic mass is 16.5. The van der Waals surface area contributed by atoms with Crippen molar-refractivity contribution >= 4 is 0 Å². The van der Waals surface area contributed by atoms with Crippen molar-refractivity contribution in [2.45, 2.75) is 58.5 Å². The molecule has 94 valence electrons. The SMILES string of the molecule is CC1(C)CCC(OCC2CCCNC2)CC1. The molecule has 2 nitrogen and oxygen atoms in total. The third-order valence-electron chi connectivity index (χ3n) is 4.25. The average molecular weight is 225 g/mol. The maximum Gasteiger partial charge on any atom is 0.0575 e. The first kappa shape index (κ1) is 12.4. The minimum absolute atomic E-state index is 0.551. The molecule has 0 aromatic heterocycles. The van der Waals surface area contributed by atoms with Gasteiger partial charge in [-0.2, -0.15) is 0 Å². The lowest BCUT2D eigenvalue weighted by Crippen LogP contribution is -2.34. The molecule has 1 aliphatic heterocycles. The van der Waals surface area contributed by atoms with E-state index in [1.807, 2.05) is 0 Å². The lowest BCUT2D eigenvalue weighted by atomic mass is 9.76. The highest BCUT2D eigenvalue weighted by Crippen LogP contribution is 2.36. The van der Waals surface area contributed by atoms with Gasteiger partial charge < -0.3 is 10.1 Å². The molecule has 1 saturated carbocycles. The van der Waals surface area contributed by atoms with Crippen LogP contribution in [0.5, 0.6) is 0 Å². The quantitative estimate of drug-likeness (QED) is 0.797. The van der Waals surface area contributed by atoms with Gasteiger partial charge in [-0.3, -0.25) is 0 Å². The second-order valence-corrected chi connectivity index (χ2v) is 6.41. The predicted molar refractivity (Wildman–Crippen MR) is 67.6 cm³/mol. The predicted octanol–water partition coefficient (Wildman–Crippen LogP) is 2.97. The van der Waals surface area contributed by atoms with Crippen LogP contribution >= 0.6 is 0 Å². The summed E-state index contributed by atoms with van der Waals surface area (Å²) in [6, 6.07) is 0. The number of rotatable bonds is 3. The first-order valence-corrected chi connectivity index (χ1v) is 6.98. The van der Waals surface area contributed by atoms with Crippen LogP contribution in [-0.2, 0) is 4.74 Å². The molecular weight excluding hydrogens is 198 g/mol. The molecule has 1 aliphatic carbocycles. The van der Waals surface area contributed by atoms with Gasteiger partial charge in [0.2, 0.25) is 0 Å². The zero-order valence-corrected chi connectivity index (χ0v) is 10.9. The fourth-order valence-electron chi connectivity index (χ4n) is 2.88. The fraction of sp³-hybridized carbons (Fsp3) is 1.00. The number of piperidine rings is 1. The Labute approximate surface area is 100 Å². The molecule has 1 N–H and O–H groups in total. The van der Waals surface area contributed by atoms with Gasteiger partial charge in [0.15, 0.2) is 0 Å². The summed E-state index contributed by atoms with van der Waals surface area (Å²) in [7, 11) is 0. The molecule has 1 heterocycles. The van der Waals surface area contributed by atoms with Crippen molar-refractivity contribution in [2.75, 3.05) is 19.7 Å². The van der Waals surface area contributed by atoms with Crippen LogP contribution in [0.15, 0.2) is 0 Å². The molecule has 0 radical (unpaired) electrons. The van der Waals surface area contributed by atoms with Crippen molar-refractivity contribution in [1.29, 1.82) is 0 Å². The van der Waals surface area contributed by atoms with Crippen LogP contribution in [0.1, 0.15) is 52.4 Å². The average Bonchev–Trinajstić information content (AvgIpc) is 2.29. The summed E-state index contributed by atoms with van der Waals surface area (Å²) < 4.78 is 6.08. The third-order valence-corrected chi connectivity index (χ3v) is 4.25. The Bertz CT molecular complexity index is 199. The van der Waals surface area contributed by atoms with Crippen molar-refractivity contribution in [3.05, 3.63) is 0 Å². The van der Waals surface area contributed by atoms with Gasteiger partial charge >= 0.3 is 0 Å². The molecule has 0 aromatic rings. The van der Waals surface area contributed by atoms with E-state index >= 15 is 0 Å². The van der Waals surface area contributed by atoms with Crippen LogP contribution in [0.3, 0.4) is 0 Å². The molecule has 2 aliphatic rings. The molecule has 2 fully saturated rings. The number of nitrogens with one attached hydrogen (secondary N) is 1. The molecule has 2 heteroatoms. The van der Waals surface area contributed by atoms with Crippen molar-refractivity contribution in [3.8, 4) is 0 Å². The molecule has 0 bridgehead atoms. The van der Waals surface area contributed by atoms with E-state index in [4.69, 9.17) is 4.74 Å². The standard InChI is InChI=1S/C14H27NO/c1-14(2)7-5-13(6-8-14)16-11-12-4-3-9-15-10-12/h12-13,15H,3-11H2,1-2H3. The Morgan fingerprint density at radius 2 is 1.94 bits per heavy atom. The highest BCUT2D eigenvalue weighted by Gasteiger charge is 2.27. The molecule has 16 heavy (non-hydrogen) atoms. The van der Waals surface area contributed by atoms with Gasteiger partial charge in [-0.15, -0.1) is 0 Å². The van der Waals surface area contributed by atoms with E-state index < -0.39 is 0 Å². The maximum atomic E-state index is 6.08. The Hall–Kier alpha value is -0.0800. The molecule has 1 atom stereocenters. The zero-order valence-electron chi connectivity index (χ0n) is 10.9. The van der Waals surface area contributed by atoms with Gasteiger partial charge in [-0.25, -0.2) is 0 Å². The van der Waals surface area contributed by atoms with Gasteiger partial charge in [-0.1, -0.05) is 13.8 Å². The van der Waals surface area contributed by atoms with E-state index in [2.05, 4.69) is 19.2 Å². The lowest BCUT2D eigenvalue weighted by molar-refractivity contribution is -0.0153. The van der Waals surface area contributed by atoms with Gasteiger partial charge in [0.05, 0.1) is 12.7 Å². The summed E-state index contributed by atoms with van der Waals surface area (Å²) in [6.07, 6.45) is 8.44. The van der Waals surface area contributed by atoms with Crippen LogP contribution in [0.2, 0.25) is 0 Å². The molecule has 1 saturated heterocycles. The minimum Gasteiger partial charge on any atom is -0.378 e. The summed E-state index contributed by atoms with van der Waals surface area (Å²) in [5.41, 5.74) is 0.562. The third kappa shape index (κ3) is 3.74. The Morgan fingerprint density at radius 1 is 1.19 bits per heavy atom. The second-order valence-electron chi connectivity index (χ2n) is 6.41. The van der Waals surface area contributed by atoms with Gasteiger partial charge in [0.25, 0.3) is 0 Å². The van der Waals surface area contributed by atoms with Crippen molar-refractivity contribution < 1.29 is 4.74 Å². The smallest absolute Gasteiger partial charge is 0.0575 e. The number of ether oxygens (including phenoxy) is 1. The Balaban J connectivity index is 1.63. The highest BCUT2D eigenvalue weighted by molar-refractivity contribution is 4.79. The first-order valence-electron chi connectivity index (χ1n) is 6.98. The molecule has 0 spiro atoms. The van der Waals surface area contributed by atoms with Crippen LogP contribution in [0, 0.1) is 11.3 Å². The Morgan fingerprint density at radius 3 is 2.56 bits per heavy atom. The van der Waals surface area contributed by atoms with Crippen LogP contribution in [0.4, 0.5) is 0 Å². The van der Waals surface area contributed by atoms with Crippen molar-refractivity contribution in [1.82, 2.24) is 5.32 Å².